The molecule has 1 saturated carbocycles. The summed E-state index contributed by atoms with van der Waals surface area (Å²) in [6.45, 7) is -1.63. The van der Waals surface area contributed by atoms with E-state index in [0.29, 0.717) is 53.4 Å². The van der Waals surface area contributed by atoms with Crippen LogP contribution >= 0.6 is 12.2 Å². The van der Waals surface area contributed by atoms with Gasteiger partial charge in [0.1, 0.15) is 47.3 Å². The van der Waals surface area contributed by atoms with Gasteiger partial charge in [-0.1, -0.05) is 30.4 Å². The Morgan fingerprint density at radius 3 is 2.22 bits per heavy atom. The summed E-state index contributed by atoms with van der Waals surface area (Å²) in [6, 6.07) is 13.2. The lowest BCUT2D eigenvalue weighted by molar-refractivity contribution is -0.294. The number of allylic oxidation sites excluding steroid dienone is 1. The van der Waals surface area contributed by atoms with Crippen LogP contribution in [0.4, 0.5) is 5.69 Å². The normalized spacial score (nSPS) is 21.4. The molecule has 21 nitrogen and oxygen atoms in total. The number of thiocarbonyl (C=S) groups is 1. The molecular weight excluding hydrogens is 911 g/mol. The van der Waals surface area contributed by atoms with E-state index in [1.54, 1.807) is 36.4 Å². The van der Waals surface area contributed by atoms with Gasteiger partial charge in [-0.2, -0.15) is 0 Å². The van der Waals surface area contributed by atoms with Crippen LogP contribution in [0.2, 0.25) is 0 Å². The lowest BCUT2D eigenvalue weighted by Crippen LogP contribution is -2.60. The van der Waals surface area contributed by atoms with Crippen LogP contribution in [0, 0.1) is 11.8 Å². The molecule has 2 heterocycles. The van der Waals surface area contributed by atoms with Crippen LogP contribution < -0.4 is 32.0 Å². The third-order valence-electron chi connectivity index (χ3n) is 11.5. The molecule has 0 unspecified atom stereocenters. The second-order valence-corrected chi connectivity index (χ2v) is 16.7. The molecule has 3 amide bonds. The number of fused-ring (bicyclic) bond motifs is 2. The molecule has 2 aromatic rings. The molecule has 1 saturated heterocycles. The first-order valence-corrected chi connectivity index (χ1v) is 22.0. The number of carboxylic acid groups (broad SMARTS) is 2. The molecule has 362 valence electrons. The molecule has 0 radical (unpaired) electrons. The van der Waals surface area contributed by atoms with Crippen LogP contribution in [-0.2, 0) is 33.4 Å². The fourth-order valence-electron chi connectivity index (χ4n) is 7.99. The second-order valence-electron chi connectivity index (χ2n) is 16.2. The number of nitrogens with one attached hydrogen (secondary N) is 5. The third-order valence-corrected chi connectivity index (χ3v) is 11.7. The highest BCUT2D eigenvalue weighted by atomic mass is 32.1. The topological polar surface area (TPSA) is 333 Å². The largest absolute Gasteiger partial charge is 0.508 e. The van der Waals surface area contributed by atoms with Gasteiger partial charge >= 0.3 is 11.9 Å². The Balaban J connectivity index is 0.886. The Labute approximate surface area is 392 Å². The maximum Gasteiger partial charge on any atom is 0.336 e. The van der Waals surface area contributed by atoms with Crippen molar-refractivity contribution in [2.45, 2.75) is 62.8 Å². The van der Waals surface area contributed by atoms with Crippen molar-refractivity contribution in [2.24, 2.45) is 11.8 Å². The molecule has 11 N–H and O–H groups in total. The van der Waals surface area contributed by atoms with Crippen LogP contribution in [0.25, 0.3) is 33.4 Å². The number of aliphatic hydroxyl groups excluding tert-OH is 3. The van der Waals surface area contributed by atoms with E-state index in [1.165, 1.54) is 30.3 Å². The number of hydrogen-bond acceptors (Lipinski definition) is 16. The van der Waals surface area contributed by atoms with Gasteiger partial charge in [-0.15, -0.1) is 0 Å². The van der Waals surface area contributed by atoms with Crippen LogP contribution in [0.1, 0.15) is 42.5 Å². The number of benzene rings is 3. The van der Waals surface area contributed by atoms with E-state index in [9.17, 15) is 59.1 Å². The van der Waals surface area contributed by atoms with Crippen molar-refractivity contribution in [2.75, 3.05) is 44.6 Å². The quantitative estimate of drug-likeness (QED) is 0.0239. The zero-order chi connectivity index (χ0) is 49.1. The van der Waals surface area contributed by atoms with Crippen molar-refractivity contribution in [1.82, 2.24) is 21.3 Å². The summed E-state index contributed by atoms with van der Waals surface area (Å²) < 4.78 is 17.0. The second kappa shape index (κ2) is 23.3. The molecule has 0 spiro atoms. The van der Waals surface area contributed by atoms with Crippen molar-refractivity contribution < 1.29 is 73.3 Å². The van der Waals surface area contributed by atoms with Gasteiger partial charge in [0, 0.05) is 59.6 Å². The smallest absolute Gasteiger partial charge is 0.336 e. The van der Waals surface area contributed by atoms with Crippen molar-refractivity contribution >= 4 is 69.3 Å². The first kappa shape index (κ1) is 50.6. The van der Waals surface area contributed by atoms with Gasteiger partial charge in [0.2, 0.25) is 17.7 Å². The van der Waals surface area contributed by atoms with Gasteiger partial charge in [-0.05, 0) is 67.1 Å². The molecule has 7 atom stereocenters. The monoisotopic (exact) mass is 961 g/mol. The number of aromatic hydroxyl groups is 1. The van der Waals surface area contributed by atoms with Crippen molar-refractivity contribution in [3.05, 3.63) is 82.5 Å². The van der Waals surface area contributed by atoms with E-state index < -0.39 is 73.5 Å². The maximum absolute atomic E-state index is 12.5. The van der Waals surface area contributed by atoms with Crippen LogP contribution in [0.15, 0.2) is 76.0 Å². The number of ketones is 1. The Morgan fingerprint density at radius 2 is 1.50 bits per heavy atom. The summed E-state index contributed by atoms with van der Waals surface area (Å²) in [6.07, 6.45) is -2.36. The highest BCUT2D eigenvalue weighted by Gasteiger charge is 2.44. The molecule has 68 heavy (non-hydrogen) atoms. The summed E-state index contributed by atoms with van der Waals surface area (Å²) in [4.78, 5) is 85.4. The molecule has 4 aliphatic rings. The van der Waals surface area contributed by atoms with E-state index in [-0.39, 0.29) is 83.4 Å². The number of amides is 3. The first-order chi connectivity index (χ1) is 32.5. The molecule has 2 fully saturated rings. The Hall–Kier alpha value is -6.82. The van der Waals surface area contributed by atoms with Crippen LogP contribution in [0.3, 0.4) is 0 Å². The number of carboxylic acids is 2. The van der Waals surface area contributed by atoms with E-state index in [1.807, 2.05) is 0 Å². The third kappa shape index (κ3) is 13.2. The number of phenolic OH excluding ortho intramolecular Hbond substituents is 1. The number of carbonyl (C=O) groups is 6. The Morgan fingerprint density at radius 1 is 0.794 bits per heavy atom. The van der Waals surface area contributed by atoms with Crippen LogP contribution in [0.5, 0.6) is 5.75 Å². The number of anilines is 1. The van der Waals surface area contributed by atoms with Gasteiger partial charge in [0.05, 0.1) is 43.3 Å². The SMILES string of the molecule is O=C(O)C[C@H]1CCC(=O)[C@@H]1C/C=C\CCO[C@@H]1O[C@H](CNC(=O)CNC(=O)CNC(=O)CNC(=S)CNc2ccc(-c3c4ccc(=O)cc-4oc4cc(O)ccc34)c(C(=O)O)c2)[C@H](O)[C@H](O)[C@H]1O. The van der Waals surface area contributed by atoms with Crippen molar-refractivity contribution in [3.8, 4) is 28.2 Å². The minimum absolute atomic E-state index is 0.00261. The summed E-state index contributed by atoms with van der Waals surface area (Å²) in [7, 11) is 0. The van der Waals surface area contributed by atoms with Gasteiger partial charge in [-0.3, -0.25) is 28.8 Å². The highest BCUT2D eigenvalue weighted by molar-refractivity contribution is 7.80. The number of carbonyl (C=O) groups excluding carboxylic acids is 4. The lowest BCUT2D eigenvalue weighted by atomic mass is 9.89. The van der Waals surface area contributed by atoms with E-state index >= 15 is 0 Å². The summed E-state index contributed by atoms with van der Waals surface area (Å²) in [5.74, 6) is -4.62. The number of ether oxygens (including phenoxy) is 2. The number of aromatic carboxylic acids is 1. The predicted molar refractivity (Wildman–Crippen MR) is 246 cm³/mol. The van der Waals surface area contributed by atoms with Crippen LogP contribution in [-0.4, -0.2) is 141 Å². The molecule has 0 aromatic heterocycles. The number of Topliss-reactive ketones (excluding diaryl/α,β-unsaturated/α-hetero) is 1. The average Bonchev–Trinajstić information content (AvgIpc) is 3.64. The molecular formula is C46H51N5O16S. The Bertz CT molecular complexity index is 2600. The van der Waals surface area contributed by atoms with Crippen molar-refractivity contribution in [1.29, 1.82) is 0 Å². The molecule has 22 heteroatoms. The van der Waals surface area contributed by atoms with E-state index in [4.69, 9.17) is 31.2 Å². The summed E-state index contributed by atoms with van der Waals surface area (Å²) in [5, 5.41) is 74.0. The molecule has 2 aromatic carbocycles. The number of hydrogen-bond donors (Lipinski definition) is 11. The van der Waals surface area contributed by atoms with Gasteiger partial charge in [0.25, 0.3) is 0 Å². The summed E-state index contributed by atoms with van der Waals surface area (Å²) >= 11 is 5.32. The molecule has 0 bridgehead atoms. The minimum Gasteiger partial charge on any atom is -0.508 e. The number of rotatable bonds is 21. The van der Waals surface area contributed by atoms with Gasteiger partial charge < -0.3 is 71.1 Å². The molecule has 2 aliphatic carbocycles. The zero-order valence-electron chi connectivity index (χ0n) is 36.3. The Kier molecular flexibility index (Phi) is 17.3. The fraction of sp³-hybridized carbons (Fsp3) is 0.391. The maximum atomic E-state index is 12.5. The van der Waals surface area contributed by atoms with Crippen molar-refractivity contribution in [3.63, 3.8) is 0 Å². The number of aliphatic carboxylic acids is 1. The summed E-state index contributed by atoms with van der Waals surface area (Å²) in [5.41, 5.74) is 1.51. The lowest BCUT2D eigenvalue weighted by Gasteiger charge is -2.40. The molecule has 6 rings (SSSR count). The predicted octanol–water partition coefficient (Wildman–Crippen LogP) is 0.877. The van der Waals surface area contributed by atoms with Gasteiger partial charge in [0.15, 0.2) is 11.7 Å². The average molecular weight is 962 g/mol. The van der Waals surface area contributed by atoms with Gasteiger partial charge in [-0.25, -0.2) is 4.79 Å². The number of phenols is 1. The first-order valence-electron chi connectivity index (χ1n) is 21.6. The standard InChI is InChI=1S/C46H51N5O16S/c52-25-7-10-29-33(16-25)66-34-17-26(53)8-11-30(34)41(29)28-9-6-24(15-31(28)45(63)64)47-22-39(68)51-21-38(57)50-20-37(56)49-19-36(55)48-18-35-42(60)43(61)44(62)46(67-35)65-13-3-1-2-4-27-23(14-40(58)59)5-12-32(27)54/h1-2,6-11,15-17,23,27,35,42-44,46-47,52,60-62H,3-5,12-14,18-22H2,(H,48,55)(H,49,56)(H,50,57)(H,51,68)(H,58,59)(H,63,64)/b2-1-/t23-,27-,35-,42+,43+,44-,46-/m1/s1. The minimum atomic E-state index is -1.67. The fourth-order valence-corrected chi connectivity index (χ4v) is 8.13. The van der Waals surface area contributed by atoms with E-state index in [0.717, 1.165) is 0 Å². The van der Waals surface area contributed by atoms with E-state index in [2.05, 4.69) is 26.6 Å². The highest BCUT2D eigenvalue weighted by Crippen LogP contribution is 2.42. The molecule has 2 aliphatic heterocycles. The number of aliphatic hydroxyl groups is 3. The zero-order valence-corrected chi connectivity index (χ0v) is 37.2.